The molecular formula is C14H11FN2O3S. The van der Waals surface area contributed by atoms with Gasteiger partial charge >= 0.3 is 0 Å². The molecule has 2 aromatic rings. The Morgan fingerprint density at radius 1 is 1.19 bits per heavy atom. The topological polar surface area (TPSA) is 79.3 Å². The van der Waals surface area contributed by atoms with Crippen molar-refractivity contribution in [3.05, 3.63) is 54.0 Å². The molecule has 0 amide bonds. The molecule has 0 aliphatic heterocycles. The third-order valence-corrected chi connectivity index (χ3v) is 3.78. The number of hydrogen-bond donors (Lipinski definition) is 2. The Morgan fingerprint density at radius 3 is 2.57 bits per heavy atom. The molecule has 7 heteroatoms. The number of aliphatic hydroxyl groups excluding tert-OH is 1. The van der Waals surface area contributed by atoms with E-state index in [1.54, 1.807) is 12.1 Å². The SMILES string of the molecule is O=S(=O)(Nc1cccc(C#CCO)n1)c1ccc(F)cc1. The summed E-state index contributed by atoms with van der Waals surface area (Å²) in [6, 6.07) is 9.07. The van der Waals surface area contributed by atoms with Crippen molar-refractivity contribution >= 4 is 15.8 Å². The molecule has 1 aromatic carbocycles. The number of sulfonamides is 1. The number of benzene rings is 1. The van der Waals surface area contributed by atoms with Gasteiger partial charge in [-0.25, -0.2) is 17.8 Å². The predicted molar refractivity (Wildman–Crippen MR) is 75.4 cm³/mol. The van der Waals surface area contributed by atoms with E-state index in [2.05, 4.69) is 21.5 Å². The monoisotopic (exact) mass is 306 g/mol. The van der Waals surface area contributed by atoms with Crippen LogP contribution in [0.4, 0.5) is 10.2 Å². The lowest BCUT2D eigenvalue weighted by Gasteiger charge is -2.07. The Balaban J connectivity index is 2.26. The molecule has 0 saturated heterocycles. The van der Waals surface area contributed by atoms with Crippen LogP contribution in [0.5, 0.6) is 0 Å². The highest BCUT2D eigenvalue weighted by Gasteiger charge is 2.14. The molecule has 0 unspecified atom stereocenters. The molecule has 2 N–H and O–H groups in total. The van der Waals surface area contributed by atoms with Crippen LogP contribution < -0.4 is 4.72 Å². The van der Waals surface area contributed by atoms with Crippen LogP contribution in [0.15, 0.2) is 47.4 Å². The second-order valence-electron chi connectivity index (χ2n) is 3.93. The van der Waals surface area contributed by atoms with Crippen LogP contribution >= 0.6 is 0 Å². The Labute approximate surface area is 121 Å². The molecule has 0 radical (unpaired) electrons. The van der Waals surface area contributed by atoms with Crippen molar-refractivity contribution in [3.63, 3.8) is 0 Å². The molecule has 108 valence electrons. The van der Waals surface area contributed by atoms with Crippen molar-refractivity contribution in [2.75, 3.05) is 11.3 Å². The van der Waals surface area contributed by atoms with Crippen LogP contribution in [-0.2, 0) is 10.0 Å². The van der Waals surface area contributed by atoms with Crippen molar-refractivity contribution in [1.29, 1.82) is 0 Å². The molecule has 1 aromatic heterocycles. The summed E-state index contributed by atoms with van der Waals surface area (Å²) < 4.78 is 39.3. The Kier molecular flexibility index (Phi) is 4.52. The second kappa shape index (κ2) is 6.35. The third kappa shape index (κ3) is 4.02. The minimum atomic E-state index is -3.84. The number of nitrogens with one attached hydrogen (secondary N) is 1. The molecule has 0 spiro atoms. The van der Waals surface area contributed by atoms with E-state index < -0.39 is 15.8 Å². The maximum absolute atomic E-state index is 12.8. The number of hydrogen-bond acceptors (Lipinski definition) is 4. The van der Waals surface area contributed by atoms with Gasteiger partial charge in [0.05, 0.1) is 4.90 Å². The van der Waals surface area contributed by atoms with Crippen molar-refractivity contribution in [3.8, 4) is 11.8 Å². The fourth-order valence-corrected chi connectivity index (χ4v) is 2.50. The second-order valence-corrected chi connectivity index (χ2v) is 5.61. The van der Waals surface area contributed by atoms with E-state index in [1.807, 2.05) is 0 Å². The smallest absolute Gasteiger partial charge is 0.263 e. The summed E-state index contributed by atoms with van der Waals surface area (Å²) in [5.41, 5.74) is 0.323. The zero-order valence-electron chi connectivity index (χ0n) is 10.7. The van der Waals surface area contributed by atoms with E-state index >= 15 is 0 Å². The van der Waals surface area contributed by atoms with Crippen molar-refractivity contribution < 1.29 is 17.9 Å². The molecule has 0 atom stereocenters. The number of aliphatic hydroxyl groups is 1. The Bertz CT molecular complexity index is 793. The standard InChI is InChI=1S/C14H11FN2O3S/c15-11-6-8-13(9-7-11)21(19,20)17-14-5-1-3-12(16-14)4-2-10-18/h1,3,5-9,18H,10H2,(H,16,17). The summed E-state index contributed by atoms with van der Waals surface area (Å²) >= 11 is 0. The molecule has 1 heterocycles. The molecule has 0 aliphatic rings. The quantitative estimate of drug-likeness (QED) is 0.839. The molecule has 2 rings (SSSR count). The lowest BCUT2D eigenvalue weighted by Crippen LogP contribution is -2.14. The van der Waals surface area contributed by atoms with Gasteiger partial charge in [-0.05, 0) is 42.3 Å². The average molecular weight is 306 g/mol. The molecule has 0 aliphatic carbocycles. The van der Waals surface area contributed by atoms with Gasteiger partial charge in [-0.3, -0.25) is 4.72 Å². The highest BCUT2D eigenvalue weighted by atomic mass is 32.2. The molecule has 5 nitrogen and oxygen atoms in total. The zero-order chi connectivity index (χ0) is 15.3. The molecular weight excluding hydrogens is 295 g/mol. The van der Waals surface area contributed by atoms with Gasteiger partial charge in [-0.1, -0.05) is 12.0 Å². The van der Waals surface area contributed by atoms with E-state index in [1.165, 1.54) is 6.07 Å². The number of halogens is 1. The van der Waals surface area contributed by atoms with Gasteiger partial charge in [-0.2, -0.15) is 0 Å². The highest BCUT2D eigenvalue weighted by molar-refractivity contribution is 7.92. The Morgan fingerprint density at radius 2 is 1.90 bits per heavy atom. The molecule has 0 saturated carbocycles. The van der Waals surface area contributed by atoms with E-state index in [0.29, 0.717) is 5.69 Å². The minimum Gasteiger partial charge on any atom is -0.384 e. The largest absolute Gasteiger partial charge is 0.384 e. The van der Waals surface area contributed by atoms with Crippen LogP contribution in [0, 0.1) is 17.7 Å². The lowest BCUT2D eigenvalue weighted by atomic mass is 10.3. The number of aromatic nitrogens is 1. The van der Waals surface area contributed by atoms with Crippen LogP contribution in [0.2, 0.25) is 0 Å². The summed E-state index contributed by atoms with van der Waals surface area (Å²) in [5.74, 6) is 4.56. The molecule has 0 fully saturated rings. The van der Waals surface area contributed by atoms with Crippen molar-refractivity contribution in [2.24, 2.45) is 0 Å². The number of anilines is 1. The first-order valence-electron chi connectivity index (χ1n) is 5.86. The van der Waals surface area contributed by atoms with Crippen molar-refractivity contribution in [1.82, 2.24) is 4.98 Å². The summed E-state index contributed by atoms with van der Waals surface area (Å²) in [4.78, 5) is 3.92. The Hall–Kier alpha value is -2.43. The van der Waals surface area contributed by atoms with Gasteiger partial charge in [0.1, 0.15) is 23.9 Å². The van der Waals surface area contributed by atoms with Crippen LogP contribution in [0.25, 0.3) is 0 Å². The first-order chi connectivity index (χ1) is 10.0. The first kappa shape index (κ1) is 15.0. The van der Waals surface area contributed by atoms with Crippen molar-refractivity contribution in [2.45, 2.75) is 4.90 Å². The maximum atomic E-state index is 12.8. The van der Waals surface area contributed by atoms with E-state index in [4.69, 9.17) is 5.11 Å². The van der Waals surface area contributed by atoms with Gasteiger partial charge in [0, 0.05) is 0 Å². The molecule has 0 bridgehead atoms. The van der Waals surface area contributed by atoms with Gasteiger partial charge in [-0.15, -0.1) is 0 Å². The minimum absolute atomic E-state index is 0.0717. The van der Waals surface area contributed by atoms with E-state index in [0.717, 1.165) is 24.3 Å². The average Bonchev–Trinajstić information content (AvgIpc) is 2.45. The number of rotatable bonds is 3. The van der Waals surface area contributed by atoms with Gasteiger partial charge in [0.2, 0.25) is 0 Å². The summed E-state index contributed by atoms with van der Waals surface area (Å²) in [6.45, 7) is -0.312. The van der Waals surface area contributed by atoms with Crippen LogP contribution in [-0.4, -0.2) is 25.1 Å². The normalized spacial score (nSPS) is 10.6. The summed E-state index contributed by atoms with van der Waals surface area (Å²) in [5, 5.41) is 8.61. The summed E-state index contributed by atoms with van der Waals surface area (Å²) in [7, 11) is -3.84. The van der Waals surface area contributed by atoms with Crippen LogP contribution in [0.3, 0.4) is 0 Å². The number of pyridine rings is 1. The van der Waals surface area contributed by atoms with Gasteiger partial charge in [0.25, 0.3) is 10.0 Å². The fourth-order valence-electron chi connectivity index (χ4n) is 1.50. The van der Waals surface area contributed by atoms with Crippen LogP contribution in [0.1, 0.15) is 5.69 Å². The van der Waals surface area contributed by atoms with E-state index in [9.17, 15) is 12.8 Å². The predicted octanol–water partition coefficient (Wildman–Crippen LogP) is 1.37. The number of nitrogens with zero attached hydrogens (tertiary/aromatic N) is 1. The summed E-state index contributed by atoms with van der Waals surface area (Å²) in [6.07, 6.45) is 0. The highest BCUT2D eigenvalue weighted by Crippen LogP contribution is 2.15. The molecule has 21 heavy (non-hydrogen) atoms. The first-order valence-corrected chi connectivity index (χ1v) is 7.35. The maximum Gasteiger partial charge on any atom is 0.263 e. The lowest BCUT2D eigenvalue weighted by molar-refractivity contribution is 0.350. The fraction of sp³-hybridized carbons (Fsp3) is 0.0714. The van der Waals surface area contributed by atoms with Gasteiger partial charge in [0.15, 0.2) is 0 Å². The van der Waals surface area contributed by atoms with Gasteiger partial charge < -0.3 is 5.11 Å². The zero-order valence-corrected chi connectivity index (χ0v) is 11.6. The van der Waals surface area contributed by atoms with E-state index in [-0.39, 0.29) is 17.3 Å². The third-order valence-electron chi connectivity index (χ3n) is 2.41.